The summed E-state index contributed by atoms with van der Waals surface area (Å²) >= 11 is 0. The highest BCUT2D eigenvalue weighted by Crippen LogP contribution is 2.29. The summed E-state index contributed by atoms with van der Waals surface area (Å²) in [5.74, 6) is 0.0111. The smallest absolute Gasteiger partial charge is 0.294 e. The Labute approximate surface area is 187 Å². The Balaban J connectivity index is 1.71. The van der Waals surface area contributed by atoms with Gasteiger partial charge in [0.1, 0.15) is 11.4 Å². The van der Waals surface area contributed by atoms with Crippen LogP contribution in [-0.2, 0) is 0 Å². The Bertz CT molecular complexity index is 1380. The number of nitrogen functional groups attached to an aromatic ring is 1. The van der Waals surface area contributed by atoms with E-state index < -0.39 is 5.91 Å². The van der Waals surface area contributed by atoms with Crippen LogP contribution in [0.2, 0.25) is 0 Å². The van der Waals surface area contributed by atoms with Crippen LogP contribution in [0.3, 0.4) is 0 Å². The number of hydrogen-bond acceptors (Lipinski definition) is 10. The Morgan fingerprint density at radius 3 is 2.70 bits per heavy atom. The molecule has 3 N–H and O–H groups in total. The summed E-state index contributed by atoms with van der Waals surface area (Å²) < 4.78 is 11.2. The number of rotatable bonds is 6. The lowest BCUT2D eigenvalue weighted by molar-refractivity contribution is 0.0950. The van der Waals surface area contributed by atoms with Crippen LogP contribution in [0.1, 0.15) is 28.5 Å². The number of nitrogens with one attached hydrogen (secondary N) is 1. The highest BCUT2D eigenvalue weighted by atomic mass is 16.6. The van der Waals surface area contributed by atoms with E-state index in [1.807, 2.05) is 0 Å². The van der Waals surface area contributed by atoms with E-state index in [0.717, 1.165) is 5.56 Å². The number of amides is 1. The van der Waals surface area contributed by atoms with Gasteiger partial charge in [-0.05, 0) is 47.1 Å². The second-order valence-corrected chi connectivity index (χ2v) is 6.73. The van der Waals surface area contributed by atoms with Gasteiger partial charge in [0, 0.05) is 5.56 Å². The molecule has 0 spiro atoms. The van der Waals surface area contributed by atoms with Crippen LogP contribution in [0.5, 0.6) is 5.75 Å². The fraction of sp³-hybridized carbons (Fsp3) is 0.0952. The SMILES string of the molecule is COc1cccc(-c2c(C(=O)NN=C(C)c3ccc(C#N)cc3)nnn2-c2nonc2N)c1. The number of ether oxygens (including phenoxy) is 1. The summed E-state index contributed by atoms with van der Waals surface area (Å²) in [6.45, 7) is 1.73. The molecular formula is C21H17N9O3. The molecule has 164 valence electrons. The van der Waals surface area contributed by atoms with E-state index in [0.29, 0.717) is 28.3 Å². The van der Waals surface area contributed by atoms with Crippen LogP contribution in [-0.4, -0.2) is 44.0 Å². The van der Waals surface area contributed by atoms with Crippen molar-refractivity contribution >= 4 is 17.4 Å². The van der Waals surface area contributed by atoms with Crippen molar-refractivity contribution in [3.63, 3.8) is 0 Å². The minimum Gasteiger partial charge on any atom is -0.497 e. The summed E-state index contributed by atoms with van der Waals surface area (Å²) in [5, 5.41) is 28.4. The van der Waals surface area contributed by atoms with Crippen molar-refractivity contribution in [2.45, 2.75) is 6.92 Å². The quantitative estimate of drug-likeness (QED) is 0.334. The van der Waals surface area contributed by atoms with Crippen LogP contribution in [0.15, 0.2) is 58.3 Å². The zero-order valence-corrected chi connectivity index (χ0v) is 17.6. The van der Waals surface area contributed by atoms with E-state index in [2.05, 4.69) is 41.9 Å². The minimum absolute atomic E-state index is 0.0225. The fourth-order valence-electron chi connectivity index (χ4n) is 2.99. The first-order valence-electron chi connectivity index (χ1n) is 9.55. The molecule has 1 amide bonds. The Morgan fingerprint density at radius 2 is 2.03 bits per heavy atom. The summed E-state index contributed by atoms with van der Waals surface area (Å²) in [7, 11) is 1.53. The maximum absolute atomic E-state index is 13.0. The van der Waals surface area contributed by atoms with Crippen molar-refractivity contribution in [2.75, 3.05) is 12.8 Å². The summed E-state index contributed by atoms with van der Waals surface area (Å²) in [6, 6.07) is 15.8. The van der Waals surface area contributed by atoms with Crippen LogP contribution < -0.4 is 15.9 Å². The average molecular weight is 443 g/mol. The molecule has 0 fully saturated rings. The molecule has 0 atom stereocenters. The molecule has 0 aliphatic heterocycles. The van der Waals surface area contributed by atoms with Crippen molar-refractivity contribution in [3.8, 4) is 28.9 Å². The molecule has 0 aliphatic carbocycles. The second kappa shape index (κ2) is 8.98. The number of carbonyl (C=O) groups excluding carboxylic acids is 1. The molecule has 4 aromatic rings. The van der Waals surface area contributed by atoms with Gasteiger partial charge in [-0.2, -0.15) is 15.0 Å². The van der Waals surface area contributed by atoms with Gasteiger partial charge in [-0.15, -0.1) is 5.10 Å². The number of anilines is 1. The van der Waals surface area contributed by atoms with Crippen molar-refractivity contribution in [2.24, 2.45) is 5.10 Å². The van der Waals surface area contributed by atoms with E-state index in [1.165, 1.54) is 11.8 Å². The van der Waals surface area contributed by atoms with Crippen molar-refractivity contribution in [3.05, 3.63) is 65.4 Å². The molecule has 33 heavy (non-hydrogen) atoms. The van der Waals surface area contributed by atoms with Gasteiger partial charge in [-0.1, -0.05) is 29.5 Å². The zero-order chi connectivity index (χ0) is 23.4. The summed E-state index contributed by atoms with van der Waals surface area (Å²) in [5.41, 5.74) is 10.9. The number of methoxy groups -OCH3 is 1. The molecule has 0 bridgehead atoms. The normalized spacial score (nSPS) is 11.1. The highest BCUT2D eigenvalue weighted by Gasteiger charge is 2.25. The fourth-order valence-corrected chi connectivity index (χ4v) is 2.99. The first-order chi connectivity index (χ1) is 16.0. The molecule has 0 aliphatic rings. The Kier molecular flexibility index (Phi) is 5.77. The van der Waals surface area contributed by atoms with E-state index in [4.69, 9.17) is 15.7 Å². The maximum Gasteiger partial charge on any atom is 0.294 e. The van der Waals surface area contributed by atoms with Gasteiger partial charge >= 0.3 is 0 Å². The average Bonchev–Trinajstić information content (AvgIpc) is 3.48. The van der Waals surface area contributed by atoms with E-state index >= 15 is 0 Å². The lowest BCUT2D eigenvalue weighted by atomic mass is 10.1. The number of nitrogens with zero attached hydrogens (tertiary/aromatic N) is 7. The molecule has 2 heterocycles. The van der Waals surface area contributed by atoms with Gasteiger partial charge in [0.25, 0.3) is 5.91 Å². The third kappa shape index (κ3) is 4.23. The van der Waals surface area contributed by atoms with E-state index in [9.17, 15) is 4.79 Å². The van der Waals surface area contributed by atoms with Gasteiger partial charge in [0.2, 0.25) is 11.6 Å². The summed E-state index contributed by atoms with van der Waals surface area (Å²) in [6.07, 6.45) is 0. The lowest BCUT2D eigenvalue weighted by Crippen LogP contribution is -2.21. The topological polar surface area (TPSA) is 170 Å². The number of hydrazone groups is 1. The number of aromatic nitrogens is 5. The highest BCUT2D eigenvalue weighted by molar-refractivity contribution is 6.02. The number of carbonyl (C=O) groups is 1. The number of nitrogens with two attached hydrogens (primary N) is 1. The van der Waals surface area contributed by atoms with Crippen molar-refractivity contribution in [1.29, 1.82) is 5.26 Å². The number of hydrogen-bond donors (Lipinski definition) is 2. The van der Waals surface area contributed by atoms with Crippen molar-refractivity contribution < 1.29 is 14.2 Å². The standard InChI is InChI=1S/C21H17N9O3/c1-12(14-8-6-13(11-22)7-9-14)24-26-21(31)17-18(15-4-3-5-16(10-15)32-2)30(29-25-17)20-19(23)27-33-28-20/h3-10H,1-2H3,(H2,23,27)(H,26,31). The van der Waals surface area contributed by atoms with Gasteiger partial charge in [0.15, 0.2) is 5.69 Å². The van der Waals surface area contributed by atoms with Crippen LogP contribution in [0.25, 0.3) is 17.1 Å². The minimum atomic E-state index is -0.609. The van der Waals surface area contributed by atoms with E-state index in [1.54, 1.807) is 55.5 Å². The van der Waals surface area contributed by atoms with Crippen LogP contribution in [0.4, 0.5) is 5.82 Å². The molecule has 0 saturated carbocycles. The van der Waals surface area contributed by atoms with Crippen LogP contribution >= 0.6 is 0 Å². The first-order valence-corrected chi connectivity index (χ1v) is 9.55. The van der Waals surface area contributed by atoms with Gasteiger partial charge in [0.05, 0.1) is 24.5 Å². The molecule has 4 rings (SSSR count). The van der Waals surface area contributed by atoms with Gasteiger partial charge in [-0.3, -0.25) is 4.79 Å². The number of benzene rings is 2. The van der Waals surface area contributed by atoms with E-state index in [-0.39, 0.29) is 17.3 Å². The Morgan fingerprint density at radius 1 is 1.24 bits per heavy atom. The van der Waals surface area contributed by atoms with Crippen molar-refractivity contribution in [1.82, 2.24) is 30.7 Å². The zero-order valence-electron chi connectivity index (χ0n) is 17.6. The monoisotopic (exact) mass is 443 g/mol. The molecule has 2 aromatic carbocycles. The van der Waals surface area contributed by atoms with Gasteiger partial charge in [-0.25, -0.2) is 10.1 Å². The largest absolute Gasteiger partial charge is 0.497 e. The third-order valence-electron chi connectivity index (χ3n) is 4.68. The van der Waals surface area contributed by atoms with Gasteiger partial charge < -0.3 is 10.5 Å². The summed E-state index contributed by atoms with van der Waals surface area (Å²) in [4.78, 5) is 13.0. The molecule has 0 radical (unpaired) electrons. The molecule has 0 saturated heterocycles. The molecule has 12 nitrogen and oxygen atoms in total. The molecule has 12 heteroatoms. The predicted molar refractivity (Wildman–Crippen MR) is 116 cm³/mol. The molecule has 2 aromatic heterocycles. The second-order valence-electron chi connectivity index (χ2n) is 6.73. The molecule has 0 unspecified atom stereocenters. The third-order valence-corrected chi connectivity index (χ3v) is 4.68. The maximum atomic E-state index is 13.0. The molecular weight excluding hydrogens is 426 g/mol. The lowest BCUT2D eigenvalue weighted by Gasteiger charge is -2.08. The number of nitriles is 1. The Hall–Kier alpha value is -5.05. The first kappa shape index (κ1) is 21.2. The van der Waals surface area contributed by atoms with Crippen LogP contribution in [0, 0.1) is 11.3 Å². The predicted octanol–water partition coefficient (Wildman–Crippen LogP) is 1.93.